The van der Waals surface area contributed by atoms with E-state index in [2.05, 4.69) is 10.1 Å². The Balaban J connectivity index is 1.44. The number of nitrogens with one attached hydrogen (secondary N) is 1. The van der Waals surface area contributed by atoms with E-state index in [0.29, 0.717) is 23.2 Å². The largest absolute Gasteiger partial charge is 0.465 e. The lowest BCUT2D eigenvalue weighted by Crippen LogP contribution is -2.29. The van der Waals surface area contributed by atoms with Crippen molar-refractivity contribution < 1.29 is 22.7 Å². The van der Waals surface area contributed by atoms with Crippen LogP contribution in [0.15, 0.2) is 59.5 Å². The summed E-state index contributed by atoms with van der Waals surface area (Å²) in [4.78, 5) is 24.4. The SMILES string of the molecule is COC(=O)c1ccc(Cl)c(NC(=O)CCCN2c3cccc4cccc(c34)S2(=O)=O)c1. The topological polar surface area (TPSA) is 92.8 Å². The van der Waals surface area contributed by atoms with Crippen molar-refractivity contribution in [2.24, 2.45) is 0 Å². The minimum atomic E-state index is -3.65. The normalized spacial score (nSPS) is 13.9. The zero-order chi connectivity index (χ0) is 22.2. The molecule has 0 aliphatic carbocycles. The van der Waals surface area contributed by atoms with Crippen LogP contribution in [0.25, 0.3) is 10.8 Å². The molecule has 1 heterocycles. The molecule has 0 radical (unpaired) electrons. The van der Waals surface area contributed by atoms with E-state index in [0.717, 1.165) is 5.39 Å². The number of methoxy groups -OCH3 is 1. The van der Waals surface area contributed by atoms with Gasteiger partial charge in [0.15, 0.2) is 0 Å². The van der Waals surface area contributed by atoms with Gasteiger partial charge in [0.05, 0.1) is 34.0 Å². The highest BCUT2D eigenvalue weighted by atomic mass is 35.5. The molecule has 31 heavy (non-hydrogen) atoms. The van der Waals surface area contributed by atoms with Gasteiger partial charge in [-0.1, -0.05) is 35.9 Å². The van der Waals surface area contributed by atoms with Crippen LogP contribution in [0.5, 0.6) is 0 Å². The Morgan fingerprint density at radius 1 is 1.10 bits per heavy atom. The number of sulfonamides is 1. The summed E-state index contributed by atoms with van der Waals surface area (Å²) in [6, 6.07) is 15.1. The molecule has 0 unspecified atom stereocenters. The van der Waals surface area contributed by atoms with Crippen LogP contribution in [0.3, 0.4) is 0 Å². The van der Waals surface area contributed by atoms with Gasteiger partial charge in [-0.2, -0.15) is 0 Å². The minimum Gasteiger partial charge on any atom is -0.465 e. The number of benzene rings is 3. The molecule has 9 heteroatoms. The maximum atomic E-state index is 13.0. The van der Waals surface area contributed by atoms with Crippen molar-refractivity contribution >= 4 is 55.6 Å². The van der Waals surface area contributed by atoms with E-state index < -0.39 is 16.0 Å². The van der Waals surface area contributed by atoms with E-state index in [4.69, 9.17) is 11.6 Å². The number of esters is 1. The zero-order valence-corrected chi connectivity index (χ0v) is 18.2. The molecule has 1 aliphatic heterocycles. The van der Waals surface area contributed by atoms with Gasteiger partial charge in [-0.25, -0.2) is 13.2 Å². The van der Waals surface area contributed by atoms with E-state index in [1.54, 1.807) is 18.2 Å². The third-order valence-electron chi connectivity index (χ3n) is 5.11. The summed E-state index contributed by atoms with van der Waals surface area (Å²) in [7, 11) is -2.39. The van der Waals surface area contributed by atoms with Crippen LogP contribution in [0, 0.1) is 0 Å². The molecule has 0 saturated heterocycles. The standard InChI is InChI=1S/C22H19ClN2O5S/c1-30-22(27)15-10-11-16(23)17(13-15)24-20(26)9-4-12-25-18-7-2-5-14-6-3-8-19(21(14)18)31(25,28)29/h2-3,5-8,10-11,13H,4,9,12H2,1H3,(H,24,26). The number of ether oxygens (including phenoxy) is 1. The molecule has 0 fully saturated rings. The van der Waals surface area contributed by atoms with Crippen molar-refractivity contribution in [2.75, 3.05) is 23.3 Å². The fraction of sp³-hybridized carbons (Fsp3) is 0.182. The number of hydrogen-bond acceptors (Lipinski definition) is 5. The molecule has 0 saturated carbocycles. The van der Waals surface area contributed by atoms with E-state index in [9.17, 15) is 18.0 Å². The molecule has 4 rings (SSSR count). The van der Waals surface area contributed by atoms with E-state index in [1.165, 1.54) is 29.6 Å². The summed E-state index contributed by atoms with van der Waals surface area (Å²) in [6.07, 6.45) is 0.390. The van der Waals surface area contributed by atoms with Crippen LogP contribution in [0.1, 0.15) is 23.2 Å². The minimum absolute atomic E-state index is 0.0805. The summed E-state index contributed by atoms with van der Waals surface area (Å²) < 4.78 is 32.0. The predicted octanol–water partition coefficient (Wildman–Crippen LogP) is 4.21. The Bertz CT molecular complexity index is 1300. The summed E-state index contributed by atoms with van der Waals surface area (Å²) in [5.41, 5.74) is 1.18. The van der Waals surface area contributed by atoms with Gasteiger partial charge in [0.1, 0.15) is 0 Å². The molecule has 3 aromatic carbocycles. The second kappa shape index (κ2) is 8.20. The first-order valence-electron chi connectivity index (χ1n) is 9.55. The number of rotatable bonds is 6. The zero-order valence-electron chi connectivity index (χ0n) is 16.6. The van der Waals surface area contributed by atoms with Crippen molar-refractivity contribution in [2.45, 2.75) is 17.7 Å². The van der Waals surface area contributed by atoms with Gasteiger partial charge >= 0.3 is 5.97 Å². The Morgan fingerprint density at radius 2 is 1.84 bits per heavy atom. The number of carbonyl (C=O) groups excluding carboxylic acids is 2. The number of nitrogens with zero attached hydrogens (tertiary/aromatic N) is 1. The van der Waals surface area contributed by atoms with Crippen LogP contribution in [-0.4, -0.2) is 33.9 Å². The third kappa shape index (κ3) is 3.84. The van der Waals surface area contributed by atoms with Gasteiger partial charge in [0, 0.05) is 18.4 Å². The van der Waals surface area contributed by atoms with Crippen LogP contribution < -0.4 is 9.62 Å². The molecule has 0 atom stereocenters. The van der Waals surface area contributed by atoms with E-state index >= 15 is 0 Å². The molecule has 3 aromatic rings. The van der Waals surface area contributed by atoms with Crippen molar-refractivity contribution in [3.05, 3.63) is 65.2 Å². The molecule has 7 nitrogen and oxygen atoms in total. The number of hydrogen-bond donors (Lipinski definition) is 1. The quantitative estimate of drug-likeness (QED) is 0.558. The maximum Gasteiger partial charge on any atom is 0.337 e. The Kier molecular flexibility index (Phi) is 5.60. The van der Waals surface area contributed by atoms with Crippen molar-refractivity contribution in [1.29, 1.82) is 0 Å². The molecule has 0 aromatic heterocycles. The van der Waals surface area contributed by atoms with Gasteiger partial charge in [-0.3, -0.25) is 9.10 Å². The fourth-order valence-corrected chi connectivity index (χ4v) is 5.57. The van der Waals surface area contributed by atoms with Crippen molar-refractivity contribution in [3.8, 4) is 0 Å². The lowest BCUT2D eigenvalue weighted by molar-refractivity contribution is -0.116. The van der Waals surface area contributed by atoms with Crippen LogP contribution >= 0.6 is 11.6 Å². The first-order valence-corrected chi connectivity index (χ1v) is 11.4. The molecule has 0 bridgehead atoms. The lowest BCUT2D eigenvalue weighted by Gasteiger charge is -2.18. The molecule has 1 aliphatic rings. The average Bonchev–Trinajstić information content (AvgIpc) is 2.98. The van der Waals surface area contributed by atoms with Gasteiger partial charge in [-0.05, 0) is 42.1 Å². The van der Waals surface area contributed by atoms with Crippen molar-refractivity contribution in [1.82, 2.24) is 0 Å². The number of carbonyl (C=O) groups is 2. The smallest absolute Gasteiger partial charge is 0.337 e. The predicted molar refractivity (Wildman–Crippen MR) is 119 cm³/mol. The summed E-state index contributed by atoms with van der Waals surface area (Å²) in [5.74, 6) is -0.878. The second-order valence-electron chi connectivity index (χ2n) is 7.05. The van der Waals surface area contributed by atoms with Gasteiger partial charge in [0.2, 0.25) is 5.91 Å². The van der Waals surface area contributed by atoms with Gasteiger partial charge in [-0.15, -0.1) is 0 Å². The first-order chi connectivity index (χ1) is 14.8. The Morgan fingerprint density at radius 3 is 2.58 bits per heavy atom. The van der Waals surface area contributed by atoms with Crippen LogP contribution in [-0.2, 0) is 19.6 Å². The van der Waals surface area contributed by atoms with Crippen LogP contribution in [0.2, 0.25) is 5.02 Å². The maximum absolute atomic E-state index is 13.0. The molecule has 0 spiro atoms. The molecule has 1 amide bonds. The first kappa shape index (κ1) is 21.1. The summed E-state index contributed by atoms with van der Waals surface area (Å²) >= 11 is 6.11. The number of halogens is 1. The second-order valence-corrected chi connectivity index (χ2v) is 9.28. The van der Waals surface area contributed by atoms with Gasteiger partial charge in [0.25, 0.3) is 10.0 Å². The number of amides is 1. The van der Waals surface area contributed by atoms with E-state index in [-0.39, 0.29) is 34.4 Å². The highest BCUT2D eigenvalue weighted by Gasteiger charge is 2.35. The Labute approximate surface area is 184 Å². The van der Waals surface area contributed by atoms with Crippen molar-refractivity contribution in [3.63, 3.8) is 0 Å². The molecule has 160 valence electrons. The highest BCUT2D eigenvalue weighted by Crippen LogP contribution is 2.42. The highest BCUT2D eigenvalue weighted by molar-refractivity contribution is 7.93. The third-order valence-corrected chi connectivity index (χ3v) is 7.29. The Hall–Kier alpha value is -3.10. The summed E-state index contributed by atoms with van der Waals surface area (Å²) in [6.45, 7) is 0.166. The molecular weight excluding hydrogens is 440 g/mol. The van der Waals surface area contributed by atoms with E-state index in [1.807, 2.05) is 18.2 Å². The average molecular weight is 459 g/mol. The number of anilines is 2. The fourth-order valence-electron chi connectivity index (χ4n) is 3.66. The molecule has 1 N–H and O–H groups in total. The van der Waals surface area contributed by atoms with Crippen LogP contribution in [0.4, 0.5) is 11.4 Å². The summed E-state index contributed by atoms with van der Waals surface area (Å²) in [5, 5.41) is 4.52. The van der Waals surface area contributed by atoms with Gasteiger partial charge < -0.3 is 10.1 Å². The lowest BCUT2D eigenvalue weighted by atomic mass is 10.1. The monoisotopic (exact) mass is 458 g/mol. The molecular formula is C22H19ClN2O5S.